The lowest BCUT2D eigenvalue weighted by Crippen LogP contribution is -2.18. The molecular formula is C10H17N3S. The van der Waals surface area contributed by atoms with Gasteiger partial charge in [-0.2, -0.15) is 0 Å². The van der Waals surface area contributed by atoms with Gasteiger partial charge < -0.3 is 10.6 Å². The van der Waals surface area contributed by atoms with E-state index >= 15 is 0 Å². The molecule has 0 bridgehead atoms. The van der Waals surface area contributed by atoms with Crippen LogP contribution in [0.1, 0.15) is 23.9 Å². The van der Waals surface area contributed by atoms with Crippen molar-refractivity contribution >= 4 is 16.5 Å². The van der Waals surface area contributed by atoms with Gasteiger partial charge in [0.05, 0.1) is 5.69 Å². The molecule has 1 aliphatic rings. The maximum atomic E-state index is 5.64. The zero-order valence-electron chi connectivity index (χ0n) is 8.79. The number of anilines is 1. The largest absolute Gasteiger partial charge is 0.348 e. The van der Waals surface area contributed by atoms with Crippen LogP contribution >= 0.6 is 11.3 Å². The van der Waals surface area contributed by atoms with Crippen LogP contribution in [0.4, 0.5) is 5.13 Å². The summed E-state index contributed by atoms with van der Waals surface area (Å²) in [7, 11) is 0. The number of thiazole rings is 1. The molecular weight excluding hydrogens is 194 g/mol. The van der Waals surface area contributed by atoms with Gasteiger partial charge >= 0.3 is 0 Å². The van der Waals surface area contributed by atoms with E-state index in [0.29, 0.717) is 6.54 Å². The van der Waals surface area contributed by atoms with E-state index in [1.54, 1.807) is 11.3 Å². The van der Waals surface area contributed by atoms with Crippen LogP contribution in [0, 0.1) is 12.8 Å². The Morgan fingerprint density at radius 1 is 1.64 bits per heavy atom. The monoisotopic (exact) mass is 211 g/mol. The van der Waals surface area contributed by atoms with Gasteiger partial charge in [-0.05, 0) is 19.3 Å². The van der Waals surface area contributed by atoms with Crippen molar-refractivity contribution in [2.24, 2.45) is 11.7 Å². The molecule has 0 radical (unpaired) electrons. The zero-order chi connectivity index (χ0) is 10.1. The minimum atomic E-state index is 0.618. The Kier molecular flexibility index (Phi) is 2.74. The second-order valence-corrected chi connectivity index (χ2v) is 5.11. The molecule has 0 aliphatic carbocycles. The third-order valence-electron chi connectivity index (χ3n) is 2.76. The van der Waals surface area contributed by atoms with Crippen LogP contribution in [-0.2, 0) is 6.54 Å². The number of nitrogens with two attached hydrogens (primary N) is 1. The quantitative estimate of drug-likeness (QED) is 0.810. The first-order chi connectivity index (χ1) is 6.70. The van der Waals surface area contributed by atoms with Gasteiger partial charge in [0.2, 0.25) is 0 Å². The number of aromatic nitrogens is 1. The summed E-state index contributed by atoms with van der Waals surface area (Å²) < 4.78 is 0. The van der Waals surface area contributed by atoms with Gasteiger partial charge in [-0.1, -0.05) is 6.92 Å². The van der Waals surface area contributed by atoms with Gasteiger partial charge in [0.1, 0.15) is 0 Å². The van der Waals surface area contributed by atoms with E-state index in [2.05, 4.69) is 16.8 Å². The average Bonchev–Trinajstić information content (AvgIpc) is 2.71. The van der Waals surface area contributed by atoms with Gasteiger partial charge in [0.15, 0.2) is 5.13 Å². The molecule has 0 amide bonds. The highest BCUT2D eigenvalue weighted by Crippen LogP contribution is 2.29. The molecule has 2 N–H and O–H groups in total. The fraction of sp³-hybridized carbons (Fsp3) is 0.700. The molecule has 1 fully saturated rings. The molecule has 3 nitrogen and oxygen atoms in total. The van der Waals surface area contributed by atoms with E-state index in [-0.39, 0.29) is 0 Å². The van der Waals surface area contributed by atoms with Crippen molar-refractivity contribution in [1.82, 2.24) is 4.98 Å². The minimum absolute atomic E-state index is 0.618. The number of nitrogens with zero attached hydrogens (tertiary/aromatic N) is 2. The van der Waals surface area contributed by atoms with E-state index in [1.807, 2.05) is 6.92 Å². The SMILES string of the molecule is Cc1nc(N2CCC(C)C2)sc1CN. The number of hydrogen-bond acceptors (Lipinski definition) is 4. The second-order valence-electron chi connectivity index (χ2n) is 4.05. The van der Waals surface area contributed by atoms with Crippen LogP contribution in [0.25, 0.3) is 0 Å². The van der Waals surface area contributed by atoms with Gasteiger partial charge in [-0.3, -0.25) is 0 Å². The van der Waals surface area contributed by atoms with Crippen LogP contribution in [0.2, 0.25) is 0 Å². The van der Waals surface area contributed by atoms with Crippen molar-refractivity contribution in [3.8, 4) is 0 Å². The van der Waals surface area contributed by atoms with Crippen molar-refractivity contribution in [2.45, 2.75) is 26.8 Å². The molecule has 1 aromatic rings. The van der Waals surface area contributed by atoms with Crippen molar-refractivity contribution in [1.29, 1.82) is 0 Å². The molecule has 2 rings (SSSR count). The van der Waals surface area contributed by atoms with Crippen LogP contribution in [0.5, 0.6) is 0 Å². The van der Waals surface area contributed by atoms with Gasteiger partial charge in [-0.25, -0.2) is 4.98 Å². The van der Waals surface area contributed by atoms with E-state index in [1.165, 1.54) is 11.3 Å². The van der Waals surface area contributed by atoms with Crippen LogP contribution in [-0.4, -0.2) is 18.1 Å². The fourth-order valence-corrected chi connectivity index (χ4v) is 2.82. The van der Waals surface area contributed by atoms with Crippen molar-refractivity contribution < 1.29 is 0 Å². The molecule has 0 aromatic carbocycles. The highest BCUT2D eigenvalue weighted by molar-refractivity contribution is 7.15. The van der Waals surface area contributed by atoms with E-state index < -0.39 is 0 Å². The predicted octanol–water partition coefficient (Wildman–Crippen LogP) is 1.76. The lowest BCUT2D eigenvalue weighted by Gasteiger charge is -2.13. The van der Waals surface area contributed by atoms with Crippen molar-refractivity contribution in [3.63, 3.8) is 0 Å². The van der Waals surface area contributed by atoms with Crippen LogP contribution in [0.3, 0.4) is 0 Å². The summed E-state index contributed by atoms with van der Waals surface area (Å²) in [4.78, 5) is 8.16. The summed E-state index contributed by atoms with van der Waals surface area (Å²) in [6, 6.07) is 0. The molecule has 2 heterocycles. The standard InChI is InChI=1S/C10H17N3S/c1-7-3-4-13(6-7)10-12-8(2)9(5-11)14-10/h7H,3-6,11H2,1-2H3. The summed E-state index contributed by atoms with van der Waals surface area (Å²) >= 11 is 1.75. The first kappa shape index (κ1) is 9.93. The average molecular weight is 211 g/mol. The zero-order valence-corrected chi connectivity index (χ0v) is 9.60. The Morgan fingerprint density at radius 2 is 2.43 bits per heavy atom. The number of rotatable bonds is 2. The lowest BCUT2D eigenvalue weighted by molar-refractivity contribution is 0.659. The molecule has 0 saturated carbocycles. The smallest absolute Gasteiger partial charge is 0.185 e. The van der Waals surface area contributed by atoms with E-state index in [4.69, 9.17) is 5.73 Å². The molecule has 78 valence electrons. The third kappa shape index (κ3) is 1.77. The summed E-state index contributed by atoms with van der Waals surface area (Å²) in [5.74, 6) is 0.806. The minimum Gasteiger partial charge on any atom is -0.348 e. The highest BCUT2D eigenvalue weighted by atomic mass is 32.1. The van der Waals surface area contributed by atoms with Crippen molar-refractivity contribution in [3.05, 3.63) is 10.6 Å². The first-order valence-corrected chi connectivity index (χ1v) is 5.93. The lowest BCUT2D eigenvalue weighted by atomic mass is 10.2. The van der Waals surface area contributed by atoms with E-state index in [9.17, 15) is 0 Å². The van der Waals surface area contributed by atoms with Crippen LogP contribution in [0.15, 0.2) is 0 Å². The molecule has 1 saturated heterocycles. The normalized spacial score (nSPS) is 21.9. The van der Waals surface area contributed by atoms with Crippen molar-refractivity contribution in [2.75, 3.05) is 18.0 Å². The van der Waals surface area contributed by atoms with Gasteiger partial charge in [-0.15, -0.1) is 11.3 Å². The first-order valence-electron chi connectivity index (χ1n) is 5.12. The topological polar surface area (TPSA) is 42.2 Å². The summed E-state index contributed by atoms with van der Waals surface area (Å²) in [6.45, 7) is 7.26. The van der Waals surface area contributed by atoms with Gasteiger partial charge in [0.25, 0.3) is 0 Å². The maximum absolute atomic E-state index is 5.64. The van der Waals surface area contributed by atoms with Gasteiger partial charge in [0, 0.05) is 24.5 Å². The number of aryl methyl sites for hydroxylation is 1. The third-order valence-corrected chi connectivity index (χ3v) is 4.00. The summed E-state index contributed by atoms with van der Waals surface area (Å²) in [5, 5.41) is 1.16. The Morgan fingerprint density at radius 3 is 2.93 bits per heavy atom. The predicted molar refractivity (Wildman–Crippen MR) is 60.7 cm³/mol. The highest BCUT2D eigenvalue weighted by Gasteiger charge is 2.21. The Balaban J connectivity index is 2.16. The molecule has 4 heteroatoms. The molecule has 1 atom stereocenters. The van der Waals surface area contributed by atoms with Crippen LogP contribution < -0.4 is 10.6 Å². The van der Waals surface area contributed by atoms with E-state index in [0.717, 1.165) is 29.8 Å². The summed E-state index contributed by atoms with van der Waals surface area (Å²) in [6.07, 6.45) is 1.29. The Hall–Kier alpha value is -0.610. The second kappa shape index (κ2) is 3.87. The maximum Gasteiger partial charge on any atom is 0.185 e. The molecule has 0 spiro atoms. The summed E-state index contributed by atoms with van der Waals surface area (Å²) in [5.41, 5.74) is 6.75. The Bertz CT molecular complexity index is 321. The molecule has 14 heavy (non-hydrogen) atoms. The Labute approximate surface area is 88.9 Å². The fourth-order valence-electron chi connectivity index (χ4n) is 1.85. The number of hydrogen-bond donors (Lipinski definition) is 1. The molecule has 1 aromatic heterocycles. The molecule has 1 unspecified atom stereocenters. The molecule has 1 aliphatic heterocycles.